The average molecular weight is 274 g/mol. The summed E-state index contributed by atoms with van der Waals surface area (Å²) < 4.78 is 1.73. The molecule has 0 saturated heterocycles. The lowest BCUT2D eigenvalue weighted by atomic mass is 10.1. The van der Waals surface area contributed by atoms with Crippen LogP contribution >= 0.6 is 0 Å². The highest BCUT2D eigenvalue weighted by Gasteiger charge is 2.29. The second-order valence-electron chi connectivity index (χ2n) is 5.36. The highest BCUT2D eigenvalue weighted by molar-refractivity contribution is 5.40. The summed E-state index contributed by atoms with van der Waals surface area (Å²) >= 11 is 0. The van der Waals surface area contributed by atoms with Gasteiger partial charge in [-0.3, -0.25) is 4.68 Å². The molecule has 0 amide bonds. The number of aryl methyl sites for hydroxylation is 1. The zero-order chi connectivity index (χ0) is 14.3. The Morgan fingerprint density at radius 1 is 1.35 bits per heavy atom. The van der Waals surface area contributed by atoms with Crippen LogP contribution in [0.3, 0.4) is 0 Å². The van der Waals surface area contributed by atoms with Gasteiger partial charge in [-0.25, -0.2) is 4.98 Å². The molecule has 106 valence electrons. The molecule has 0 bridgehead atoms. The molecule has 1 aliphatic carbocycles. The predicted molar refractivity (Wildman–Crippen MR) is 73.4 cm³/mol. The van der Waals surface area contributed by atoms with Crippen LogP contribution in [0.5, 0.6) is 11.5 Å². The standard InChI is InChI=1S/C14H18N4O2/c1-18-14(16-13(17-18)9-3-4-9)10(15)6-8-2-5-11(19)12(20)7-8/h2,5,7,9-10,19-20H,3-4,6,15H2,1H3. The Morgan fingerprint density at radius 2 is 2.10 bits per heavy atom. The first kappa shape index (κ1) is 12.9. The highest BCUT2D eigenvalue weighted by Crippen LogP contribution is 2.38. The van der Waals surface area contributed by atoms with E-state index in [4.69, 9.17) is 5.73 Å². The summed E-state index contributed by atoms with van der Waals surface area (Å²) in [7, 11) is 1.85. The fourth-order valence-electron chi connectivity index (χ4n) is 2.30. The van der Waals surface area contributed by atoms with E-state index in [9.17, 15) is 10.2 Å². The van der Waals surface area contributed by atoms with E-state index in [0.29, 0.717) is 12.3 Å². The molecule has 1 saturated carbocycles. The van der Waals surface area contributed by atoms with E-state index in [-0.39, 0.29) is 17.5 Å². The van der Waals surface area contributed by atoms with Gasteiger partial charge in [-0.2, -0.15) is 5.10 Å². The van der Waals surface area contributed by atoms with E-state index < -0.39 is 0 Å². The number of phenols is 2. The average Bonchev–Trinajstić information content (AvgIpc) is 3.17. The fourth-order valence-corrected chi connectivity index (χ4v) is 2.30. The number of aromatic hydroxyl groups is 2. The maximum Gasteiger partial charge on any atom is 0.157 e. The molecule has 3 rings (SSSR count). The van der Waals surface area contributed by atoms with Gasteiger partial charge in [0.05, 0.1) is 6.04 Å². The SMILES string of the molecule is Cn1nc(C2CC2)nc1C(N)Cc1ccc(O)c(O)c1. The zero-order valence-electron chi connectivity index (χ0n) is 11.3. The zero-order valence-corrected chi connectivity index (χ0v) is 11.3. The maximum atomic E-state index is 9.50. The van der Waals surface area contributed by atoms with Gasteiger partial charge in [0.1, 0.15) is 5.82 Å². The number of aromatic nitrogens is 3. The molecule has 6 nitrogen and oxygen atoms in total. The summed E-state index contributed by atoms with van der Waals surface area (Å²) in [4.78, 5) is 4.52. The Hall–Kier alpha value is -2.08. The summed E-state index contributed by atoms with van der Waals surface area (Å²) in [6.45, 7) is 0. The first-order valence-electron chi connectivity index (χ1n) is 6.72. The third-order valence-corrected chi connectivity index (χ3v) is 3.58. The molecule has 1 heterocycles. The van der Waals surface area contributed by atoms with E-state index in [1.807, 2.05) is 7.05 Å². The molecule has 1 aliphatic rings. The topological polar surface area (TPSA) is 97.2 Å². The minimum atomic E-state index is -0.288. The number of hydrogen-bond acceptors (Lipinski definition) is 5. The molecule has 1 aromatic heterocycles. The number of rotatable bonds is 4. The van der Waals surface area contributed by atoms with Gasteiger partial charge in [0.25, 0.3) is 0 Å². The lowest BCUT2D eigenvalue weighted by Gasteiger charge is -2.11. The molecule has 0 aliphatic heterocycles. The van der Waals surface area contributed by atoms with Crippen LogP contribution < -0.4 is 5.73 Å². The first-order valence-corrected chi connectivity index (χ1v) is 6.72. The van der Waals surface area contributed by atoms with E-state index in [1.165, 1.54) is 12.1 Å². The molecular formula is C14H18N4O2. The second-order valence-corrected chi connectivity index (χ2v) is 5.36. The number of nitrogens with zero attached hydrogens (tertiary/aromatic N) is 3. The van der Waals surface area contributed by atoms with Crippen molar-refractivity contribution in [1.82, 2.24) is 14.8 Å². The molecule has 0 spiro atoms. The quantitative estimate of drug-likeness (QED) is 0.731. The van der Waals surface area contributed by atoms with Gasteiger partial charge in [0.15, 0.2) is 17.3 Å². The normalized spacial score (nSPS) is 16.3. The Bertz CT molecular complexity index is 634. The smallest absolute Gasteiger partial charge is 0.157 e. The van der Waals surface area contributed by atoms with Crippen LogP contribution in [-0.4, -0.2) is 25.0 Å². The van der Waals surface area contributed by atoms with Crippen molar-refractivity contribution in [2.75, 3.05) is 0 Å². The minimum absolute atomic E-state index is 0.128. The minimum Gasteiger partial charge on any atom is -0.504 e. The molecule has 1 unspecified atom stereocenters. The summed E-state index contributed by atoms with van der Waals surface area (Å²) in [5, 5.41) is 23.2. The van der Waals surface area contributed by atoms with Crippen LogP contribution in [0, 0.1) is 0 Å². The van der Waals surface area contributed by atoms with Crippen molar-refractivity contribution in [3.05, 3.63) is 35.4 Å². The summed E-state index contributed by atoms with van der Waals surface area (Å²) in [5.74, 6) is 1.87. The van der Waals surface area contributed by atoms with Gasteiger partial charge in [-0.1, -0.05) is 6.07 Å². The Morgan fingerprint density at radius 3 is 2.75 bits per heavy atom. The van der Waals surface area contributed by atoms with Gasteiger partial charge in [-0.05, 0) is 37.0 Å². The molecule has 1 aromatic carbocycles. The van der Waals surface area contributed by atoms with Crippen molar-refractivity contribution in [2.24, 2.45) is 12.8 Å². The highest BCUT2D eigenvalue weighted by atomic mass is 16.3. The number of hydrogen-bond donors (Lipinski definition) is 3. The first-order chi connectivity index (χ1) is 9.54. The number of phenolic OH excluding ortho intramolecular Hbond substituents is 2. The second kappa shape index (κ2) is 4.79. The van der Waals surface area contributed by atoms with Crippen LogP contribution in [0.15, 0.2) is 18.2 Å². The summed E-state index contributed by atoms with van der Waals surface area (Å²) in [6, 6.07) is 4.44. The molecular weight excluding hydrogens is 256 g/mol. The number of nitrogens with two attached hydrogens (primary N) is 1. The molecule has 2 aromatic rings. The van der Waals surface area contributed by atoms with Crippen molar-refractivity contribution in [3.8, 4) is 11.5 Å². The predicted octanol–water partition coefficient (Wildman–Crippen LogP) is 1.35. The lowest BCUT2D eigenvalue weighted by molar-refractivity contribution is 0.403. The third-order valence-electron chi connectivity index (χ3n) is 3.58. The molecule has 4 N–H and O–H groups in total. The fraction of sp³-hybridized carbons (Fsp3) is 0.429. The van der Waals surface area contributed by atoms with Crippen LogP contribution in [-0.2, 0) is 13.5 Å². The van der Waals surface area contributed by atoms with E-state index in [0.717, 1.165) is 30.1 Å². The van der Waals surface area contributed by atoms with Crippen molar-refractivity contribution in [3.63, 3.8) is 0 Å². The van der Waals surface area contributed by atoms with Crippen LogP contribution in [0.4, 0.5) is 0 Å². The number of benzene rings is 1. The van der Waals surface area contributed by atoms with Gasteiger partial charge in [0.2, 0.25) is 0 Å². The Balaban J connectivity index is 1.78. The Labute approximate surface area is 116 Å². The van der Waals surface area contributed by atoms with Crippen LogP contribution in [0.2, 0.25) is 0 Å². The Kier molecular flexibility index (Phi) is 3.10. The lowest BCUT2D eigenvalue weighted by Crippen LogP contribution is -2.18. The van der Waals surface area contributed by atoms with Gasteiger partial charge in [0, 0.05) is 13.0 Å². The molecule has 0 radical (unpaired) electrons. The van der Waals surface area contributed by atoms with E-state index in [2.05, 4.69) is 10.1 Å². The maximum absolute atomic E-state index is 9.50. The molecule has 20 heavy (non-hydrogen) atoms. The van der Waals surface area contributed by atoms with Crippen LogP contribution in [0.25, 0.3) is 0 Å². The van der Waals surface area contributed by atoms with Gasteiger partial charge in [-0.15, -0.1) is 0 Å². The van der Waals surface area contributed by atoms with Gasteiger partial charge >= 0.3 is 0 Å². The molecule has 1 atom stereocenters. The third kappa shape index (κ3) is 2.46. The molecule has 1 fully saturated rings. The van der Waals surface area contributed by atoms with Crippen molar-refractivity contribution < 1.29 is 10.2 Å². The largest absolute Gasteiger partial charge is 0.504 e. The van der Waals surface area contributed by atoms with Crippen LogP contribution in [0.1, 0.15) is 42.0 Å². The summed E-state index contributed by atoms with van der Waals surface area (Å²) in [6.07, 6.45) is 2.85. The van der Waals surface area contributed by atoms with Crippen molar-refractivity contribution in [1.29, 1.82) is 0 Å². The van der Waals surface area contributed by atoms with E-state index in [1.54, 1.807) is 10.7 Å². The molecule has 6 heteroatoms. The van der Waals surface area contributed by atoms with Crippen molar-refractivity contribution >= 4 is 0 Å². The van der Waals surface area contributed by atoms with E-state index >= 15 is 0 Å². The van der Waals surface area contributed by atoms with Gasteiger partial charge < -0.3 is 15.9 Å². The monoisotopic (exact) mass is 274 g/mol. The summed E-state index contributed by atoms with van der Waals surface area (Å²) in [5.41, 5.74) is 7.03. The van der Waals surface area contributed by atoms with Crippen molar-refractivity contribution in [2.45, 2.75) is 31.2 Å².